The lowest BCUT2D eigenvalue weighted by Crippen LogP contribution is -2.34. The summed E-state index contributed by atoms with van der Waals surface area (Å²) in [5.74, 6) is 0.311. The Morgan fingerprint density at radius 1 is 1.24 bits per heavy atom. The standard InChI is InChI=1S/C18H23FN4O2/c1-18(2,3)16-20-9-14(10-21-16)22-17(25)23(4)11-15(24)12-5-7-13(19)8-6-12/h5-10,15,24H,11H2,1-4H3,(H,22,25)/t15-/m0/s1. The minimum atomic E-state index is -0.907. The molecule has 0 spiro atoms. The summed E-state index contributed by atoms with van der Waals surface area (Å²) < 4.78 is 12.9. The molecule has 0 fully saturated rings. The number of aliphatic hydroxyl groups is 1. The molecule has 2 amide bonds. The zero-order valence-corrected chi connectivity index (χ0v) is 14.8. The third-order valence-electron chi connectivity index (χ3n) is 3.62. The molecule has 7 heteroatoms. The van der Waals surface area contributed by atoms with Gasteiger partial charge in [-0.25, -0.2) is 19.2 Å². The zero-order chi connectivity index (χ0) is 18.6. The Bertz CT molecular complexity index is 711. The van der Waals surface area contributed by atoms with Crippen LogP contribution in [0.1, 0.15) is 38.3 Å². The first-order chi connectivity index (χ1) is 11.7. The predicted octanol–water partition coefficient (Wildman–Crippen LogP) is 3.11. The smallest absolute Gasteiger partial charge is 0.321 e. The van der Waals surface area contributed by atoms with Crippen molar-refractivity contribution in [3.05, 3.63) is 53.9 Å². The maximum absolute atomic E-state index is 12.9. The molecule has 6 nitrogen and oxygen atoms in total. The highest BCUT2D eigenvalue weighted by atomic mass is 19.1. The third kappa shape index (κ3) is 5.22. The van der Waals surface area contributed by atoms with Gasteiger partial charge in [-0.05, 0) is 17.7 Å². The van der Waals surface area contributed by atoms with Gasteiger partial charge in [0.25, 0.3) is 0 Å². The Morgan fingerprint density at radius 3 is 2.32 bits per heavy atom. The first-order valence-corrected chi connectivity index (χ1v) is 7.95. The maximum atomic E-state index is 12.9. The summed E-state index contributed by atoms with van der Waals surface area (Å²) in [5, 5.41) is 12.8. The molecule has 2 aromatic rings. The van der Waals surface area contributed by atoms with E-state index in [4.69, 9.17) is 0 Å². The minimum Gasteiger partial charge on any atom is -0.387 e. The van der Waals surface area contributed by atoms with Gasteiger partial charge in [-0.2, -0.15) is 0 Å². The van der Waals surface area contributed by atoms with E-state index in [1.807, 2.05) is 20.8 Å². The van der Waals surface area contributed by atoms with Gasteiger partial charge in [0.2, 0.25) is 0 Å². The van der Waals surface area contributed by atoms with Gasteiger partial charge < -0.3 is 15.3 Å². The van der Waals surface area contributed by atoms with Gasteiger partial charge in [0.1, 0.15) is 11.6 Å². The second kappa shape index (κ2) is 7.57. The molecule has 1 atom stereocenters. The van der Waals surface area contributed by atoms with Gasteiger partial charge in [-0.1, -0.05) is 32.9 Å². The average molecular weight is 346 g/mol. The van der Waals surface area contributed by atoms with E-state index in [2.05, 4.69) is 15.3 Å². The molecule has 134 valence electrons. The molecular formula is C18H23FN4O2. The molecule has 0 bridgehead atoms. The molecule has 0 aliphatic heterocycles. The zero-order valence-electron chi connectivity index (χ0n) is 14.8. The van der Waals surface area contributed by atoms with Gasteiger partial charge in [-0.3, -0.25) is 0 Å². The summed E-state index contributed by atoms with van der Waals surface area (Å²) in [6.45, 7) is 6.08. The molecule has 2 N–H and O–H groups in total. The van der Waals surface area contributed by atoms with E-state index in [-0.39, 0.29) is 17.8 Å². The number of amides is 2. The SMILES string of the molecule is CN(C[C@H](O)c1ccc(F)cc1)C(=O)Nc1cnc(C(C)(C)C)nc1. The largest absolute Gasteiger partial charge is 0.387 e. The van der Waals surface area contributed by atoms with Gasteiger partial charge in [0.15, 0.2) is 0 Å². The molecule has 1 aromatic carbocycles. The number of carbonyl (C=O) groups excluding carboxylic acids is 1. The van der Waals surface area contributed by atoms with Crippen LogP contribution >= 0.6 is 0 Å². The number of hydrogen-bond acceptors (Lipinski definition) is 4. The number of benzene rings is 1. The average Bonchev–Trinajstić information content (AvgIpc) is 2.55. The number of likely N-dealkylation sites (N-methyl/N-ethyl adjacent to an activating group) is 1. The summed E-state index contributed by atoms with van der Waals surface area (Å²) in [6.07, 6.45) is 2.20. The van der Waals surface area contributed by atoms with E-state index in [0.29, 0.717) is 17.1 Å². The maximum Gasteiger partial charge on any atom is 0.321 e. The number of aromatic nitrogens is 2. The quantitative estimate of drug-likeness (QED) is 0.892. The van der Waals surface area contributed by atoms with Crippen LogP contribution in [0.2, 0.25) is 0 Å². The first-order valence-electron chi connectivity index (χ1n) is 7.95. The lowest BCUT2D eigenvalue weighted by molar-refractivity contribution is 0.136. The van der Waals surface area contributed by atoms with E-state index < -0.39 is 12.1 Å². The van der Waals surface area contributed by atoms with Gasteiger partial charge in [0.05, 0.1) is 30.7 Å². The highest BCUT2D eigenvalue weighted by Gasteiger charge is 2.18. The van der Waals surface area contributed by atoms with E-state index in [0.717, 1.165) is 0 Å². The molecule has 0 unspecified atom stereocenters. The topological polar surface area (TPSA) is 78.4 Å². The number of halogens is 1. The number of carbonyl (C=O) groups is 1. The molecular weight excluding hydrogens is 323 g/mol. The van der Waals surface area contributed by atoms with Crippen LogP contribution in [0.15, 0.2) is 36.7 Å². The number of anilines is 1. The Labute approximate surface area is 146 Å². The van der Waals surface area contributed by atoms with Crippen molar-refractivity contribution in [3.8, 4) is 0 Å². The van der Waals surface area contributed by atoms with Crippen LogP contribution in [0.25, 0.3) is 0 Å². The van der Waals surface area contributed by atoms with Gasteiger partial charge in [0, 0.05) is 12.5 Å². The van der Waals surface area contributed by atoms with E-state index >= 15 is 0 Å². The Hall–Kier alpha value is -2.54. The summed E-state index contributed by atoms with van der Waals surface area (Å²) >= 11 is 0. The number of urea groups is 1. The highest BCUT2D eigenvalue weighted by Crippen LogP contribution is 2.18. The van der Waals surface area contributed by atoms with Crippen molar-refractivity contribution < 1.29 is 14.3 Å². The molecule has 2 rings (SSSR count). The molecule has 0 aliphatic carbocycles. The summed E-state index contributed by atoms with van der Waals surface area (Å²) in [6, 6.07) is 5.13. The summed E-state index contributed by atoms with van der Waals surface area (Å²) in [7, 11) is 1.56. The van der Waals surface area contributed by atoms with Crippen molar-refractivity contribution in [2.45, 2.75) is 32.3 Å². The number of hydrogen-bond donors (Lipinski definition) is 2. The van der Waals surface area contributed by atoms with E-state index in [9.17, 15) is 14.3 Å². The highest BCUT2D eigenvalue weighted by molar-refractivity contribution is 5.88. The fourth-order valence-electron chi connectivity index (χ4n) is 2.13. The van der Waals surface area contributed by atoms with Crippen LogP contribution in [0, 0.1) is 5.82 Å². The molecule has 0 saturated carbocycles. The Morgan fingerprint density at radius 2 is 1.80 bits per heavy atom. The Balaban J connectivity index is 1.94. The predicted molar refractivity (Wildman–Crippen MR) is 93.7 cm³/mol. The molecule has 25 heavy (non-hydrogen) atoms. The number of rotatable bonds is 4. The van der Waals surface area contributed by atoms with E-state index in [1.54, 1.807) is 19.4 Å². The second-order valence-corrected chi connectivity index (χ2v) is 6.92. The van der Waals surface area contributed by atoms with Crippen LogP contribution < -0.4 is 5.32 Å². The lowest BCUT2D eigenvalue weighted by atomic mass is 9.96. The Kier molecular flexibility index (Phi) is 5.69. The monoisotopic (exact) mass is 346 g/mol. The number of nitrogens with one attached hydrogen (secondary N) is 1. The molecule has 1 aromatic heterocycles. The molecule has 0 saturated heterocycles. The lowest BCUT2D eigenvalue weighted by Gasteiger charge is -2.22. The third-order valence-corrected chi connectivity index (χ3v) is 3.62. The number of nitrogens with zero attached hydrogens (tertiary/aromatic N) is 3. The van der Waals surface area contributed by atoms with Crippen LogP contribution in [0.4, 0.5) is 14.9 Å². The van der Waals surface area contributed by atoms with Crippen molar-refractivity contribution in [1.82, 2.24) is 14.9 Å². The minimum absolute atomic E-state index is 0.0679. The van der Waals surface area contributed by atoms with Crippen molar-refractivity contribution in [3.63, 3.8) is 0 Å². The van der Waals surface area contributed by atoms with Crippen LogP contribution in [-0.2, 0) is 5.41 Å². The fourth-order valence-corrected chi connectivity index (χ4v) is 2.13. The van der Waals surface area contributed by atoms with Crippen molar-refractivity contribution in [1.29, 1.82) is 0 Å². The van der Waals surface area contributed by atoms with Crippen LogP contribution in [0.3, 0.4) is 0 Å². The molecule has 0 aliphatic rings. The van der Waals surface area contributed by atoms with Crippen LogP contribution in [-0.4, -0.2) is 39.6 Å². The molecule has 0 radical (unpaired) electrons. The summed E-state index contributed by atoms with van der Waals surface area (Å²) in [4.78, 5) is 22.0. The van der Waals surface area contributed by atoms with Crippen LogP contribution in [0.5, 0.6) is 0 Å². The first kappa shape index (κ1) is 18.8. The molecule has 1 heterocycles. The summed E-state index contributed by atoms with van der Waals surface area (Å²) in [5.41, 5.74) is 0.846. The number of aliphatic hydroxyl groups excluding tert-OH is 1. The second-order valence-electron chi connectivity index (χ2n) is 6.92. The van der Waals surface area contributed by atoms with Crippen molar-refractivity contribution in [2.75, 3.05) is 18.9 Å². The normalized spacial score (nSPS) is 12.6. The van der Waals surface area contributed by atoms with E-state index in [1.165, 1.54) is 29.2 Å². The van der Waals surface area contributed by atoms with Crippen molar-refractivity contribution >= 4 is 11.7 Å². The van der Waals surface area contributed by atoms with Gasteiger partial charge in [-0.15, -0.1) is 0 Å². The van der Waals surface area contributed by atoms with Crippen molar-refractivity contribution in [2.24, 2.45) is 0 Å². The van der Waals surface area contributed by atoms with Gasteiger partial charge >= 0.3 is 6.03 Å². The fraction of sp³-hybridized carbons (Fsp3) is 0.389.